The minimum Gasteiger partial charge on any atom is -0.461 e. The average Bonchev–Trinajstić information content (AvgIpc) is 2.95. The van der Waals surface area contributed by atoms with Crippen LogP contribution in [0.15, 0.2) is 47.6 Å². The third kappa shape index (κ3) is 3.04. The zero-order valence-electron chi connectivity index (χ0n) is 14.1. The molecule has 0 saturated carbocycles. The molecule has 3 aromatic rings. The van der Waals surface area contributed by atoms with Crippen LogP contribution in [0, 0.1) is 11.3 Å². The summed E-state index contributed by atoms with van der Waals surface area (Å²) in [5.74, 6) is -0.735. The lowest BCUT2D eigenvalue weighted by Gasteiger charge is -2.04. The van der Waals surface area contributed by atoms with Gasteiger partial charge in [-0.15, -0.1) is 0 Å². The van der Waals surface area contributed by atoms with Crippen molar-refractivity contribution in [1.29, 1.82) is 5.26 Å². The Hall–Kier alpha value is -3.33. The Morgan fingerprint density at radius 2 is 1.96 bits per heavy atom. The summed E-state index contributed by atoms with van der Waals surface area (Å²) in [7, 11) is 0. The number of benzene rings is 2. The zero-order chi connectivity index (χ0) is 17.8. The smallest absolute Gasteiger partial charge is 0.369 e. The second-order valence-electron chi connectivity index (χ2n) is 5.40. The summed E-state index contributed by atoms with van der Waals surface area (Å²) in [6.45, 7) is 4.86. The van der Waals surface area contributed by atoms with Crippen LogP contribution < -0.4 is 5.43 Å². The Morgan fingerprint density at radius 1 is 1.20 bits per heavy atom. The number of aromatic nitrogens is 1. The Balaban J connectivity index is 2.01. The van der Waals surface area contributed by atoms with Crippen LogP contribution in [0.1, 0.15) is 13.8 Å². The van der Waals surface area contributed by atoms with Gasteiger partial charge >= 0.3 is 5.97 Å². The van der Waals surface area contributed by atoms with E-state index >= 15 is 0 Å². The van der Waals surface area contributed by atoms with Crippen LogP contribution >= 0.6 is 0 Å². The van der Waals surface area contributed by atoms with Gasteiger partial charge in [0, 0.05) is 28.4 Å². The lowest BCUT2D eigenvalue weighted by Crippen LogP contribution is -2.17. The van der Waals surface area contributed by atoms with Gasteiger partial charge in [0.05, 0.1) is 12.3 Å². The lowest BCUT2D eigenvalue weighted by molar-refractivity contribution is -0.134. The van der Waals surface area contributed by atoms with E-state index in [1.54, 1.807) is 13.0 Å². The van der Waals surface area contributed by atoms with Crippen LogP contribution in [-0.4, -0.2) is 22.9 Å². The summed E-state index contributed by atoms with van der Waals surface area (Å²) in [6.07, 6.45) is 0. The molecule has 2 aromatic carbocycles. The number of fused-ring (bicyclic) bond motifs is 3. The van der Waals surface area contributed by atoms with Crippen molar-refractivity contribution >= 4 is 39.2 Å². The molecule has 0 saturated heterocycles. The molecule has 126 valence electrons. The maximum atomic E-state index is 11.6. The first-order chi connectivity index (χ1) is 12.2. The number of hydrogen-bond donors (Lipinski definition) is 1. The predicted octanol–water partition coefficient (Wildman–Crippen LogP) is 3.67. The van der Waals surface area contributed by atoms with Crippen molar-refractivity contribution < 1.29 is 9.53 Å². The molecule has 0 radical (unpaired) electrons. The standard InChI is InChI=1S/C19H18N4O2/c1-3-23-17-8-6-5-7-14(17)15-11-13(9-10-18(15)23)21-22-16(12-20)19(24)25-4-2/h5-11,21H,3-4H2,1-2H3/b22-16+. The maximum Gasteiger partial charge on any atom is 0.369 e. The number of esters is 1. The predicted molar refractivity (Wildman–Crippen MR) is 98.4 cm³/mol. The molecule has 1 aromatic heterocycles. The van der Waals surface area contributed by atoms with Crippen LogP contribution in [0.2, 0.25) is 0 Å². The third-order valence-electron chi connectivity index (χ3n) is 3.96. The molecule has 0 aliphatic rings. The molecule has 3 rings (SSSR count). The van der Waals surface area contributed by atoms with Gasteiger partial charge in [0.25, 0.3) is 0 Å². The van der Waals surface area contributed by atoms with Gasteiger partial charge in [0.1, 0.15) is 6.07 Å². The number of ether oxygens (including phenoxy) is 1. The second kappa shape index (κ2) is 7.05. The quantitative estimate of drug-likeness (QED) is 0.438. The Bertz CT molecular complexity index is 1010. The number of hydrazone groups is 1. The Kier molecular flexibility index (Phi) is 4.66. The van der Waals surface area contributed by atoms with Crippen molar-refractivity contribution in [2.45, 2.75) is 20.4 Å². The molecule has 0 fully saturated rings. The number of aryl methyl sites for hydroxylation is 1. The van der Waals surface area contributed by atoms with E-state index in [1.165, 1.54) is 5.52 Å². The fourth-order valence-electron chi connectivity index (χ4n) is 2.90. The number of hydrogen-bond acceptors (Lipinski definition) is 5. The van der Waals surface area contributed by atoms with Crippen LogP contribution in [0.25, 0.3) is 21.8 Å². The van der Waals surface area contributed by atoms with Crippen molar-refractivity contribution in [2.75, 3.05) is 12.0 Å². The highest BCUT2D eigenvalue weighted by Crippen LogP contribution is 2.30. The van der Waals surface area contributed by atoms with Crippen LogP contribution in [0.3, 0.4) is 0 Å². The number of nitrogens with zero attached hydrogens (tertiary/aromatic N) is 3. The van der Waals surface area contributed by atoms with Crippen LogP contribution in [0.5, 0.6) is 0 Å². The number of anilines is 1. The van der Waals surface area contributed by atoms with Gasteiger partial charge in [0.2, 0.25) is 5.71 Å². The minimum absolute atomic E-state index is 0.196. The number of carbonyl (C=O) groups excluding carboxylic acids is 1. The summed E-state index contributed by atoms with van der Waals surface area (Å²) in [6, 6.07) is 15.8. The summed E-state index contributed by atoms with van der Waals surface area (Å²) < 4.78 is 7.04. The van der Waals surface area contributed by atoms with E-state index in [0.29, 0.717) is 5.69 Å². The first-order valence-corrected chi connectivity index (χ1v) is 8.11. The third-order valence-corrected chi connectivity index (χ3v) is 3.96. The van der Waals surface area contributed by atoms with Crippen molar-refractivity contribution in [1.82, 2.24) is 4.57 Å². The van der Waals surface area contributed by atoms with E-state index in [1.807, 2.05) is 30.3 Å². The zero-order valence-corrected chi connectivity index (χ0v) is 14.1. The number of nitriles is 1. The second-order valence-corrected chi connectivity index (χ2v) is 5.40. The highest BCUT2D eigenvalue weighted by atomic mass is 16.5. The first-order valence-electron chi connectivity index (χ1n) is 8.11. The van der Waals surface area contributed by atoms with Crippen LogP contribution in [-0.2, 0) is 16.1 Å². The van der Waals surface area contributed by atoms with Crippen molar-refractivity contribution in [3.05, 3.63) is 42.5 Å². The van der Waals surface area contributed by atoms with Gasteiger partial charge in [-0.3, -0.25) is 5.43 Å². The van der Waals surface area contributed by atoms with Crippen molar-refractivity contribution in [2.24, 2.45) is 5.10 Å². The largest absolute Gasteiger partial charge is 0.461 e. The van der Waals surface area contributed by atoms with Gasteiger partial charge in [-0.25, -0.2) is 4.79 Å². The van der Waals surface area contributed by atoms with Gasteiger partial charge in [-0.2, -0.15) is 10.4 Å². The maximum absolute atomic E-state index is 11.6. The number of nitrogens with one attached hydrogen (secondary N) is 1. The lowest BCUT2D eigenvalue weighted by atomic mass is 10.1. The van der Waals surface area contributed by atoms with Gasteiger partial charge in [-0.05, 0) is 38.1 Å². The molecule has 1 heterocycles. The molecule has 0 bridgehead atoms. The topological polar surface area (TPSA) is 79.4 Å². The van der Waals surface area contributed by atoms with Crippen molar-refractivity contribution in [3.63, 3.8) is 0 Å². The SMILES string of the molecule is CCOC(=O)/C(C#N)=N/Nc1ccc2c(c1)c1ccccc1n2CC. The summed E-state index contributed by atoms with van der Waals surface area (Å²) in [5.41, 5.74) is 5.46. The molecular weight excluding hydrogens is 316 g/mol. The monoisotopic (exact) mass is 334 g/mol. The Morgan fingerprint density at radius 3 is 2.68 bits per heavy atom. The molecular formula is C19H18N4O2. The molecule has 0 spiro atoms. The highest BCUT2D eigenvalue weighted by Gasteiger charge is 2.12. The van der Waals surface area contributed by atoms with E-state index in [2.05, 4.69) is 34.2 Å². The van der Waals surface area contributed by atoms with E-state index < -0.39 is 5.97 Å². The van der Waals surface area contributed by atoms with Crippen molar-refractivity contribution in [3.8, 4) is 6.07 Å². The molecule has 25 heavy (non-hydrogen) atoms. The van der Waals surface area contributed by atoms with Gasteiger partial charge < -0.3 is 9.30 Å². The molecule has 6 nitrogen and oxygen atoms in total. The molecule has 0 aliphatic carbocycles. The average molecular weight is 334 g/mol. The number of rotatable bonds is 5. The number of para-hydroxylation sites is 1. The minimum atomic E-state index is -0.735. The molecule has 0 aliphatic heterocycles. The van der Waals surface area contributed by atoms with Crippen LogP contribution in [0.4, 0.5) is 5.69 Å². The summed E-state index contributed by atoms with van der Waals surface area (Å²) in [5, 5.41) is 15.1. The normalized spacial score (nSPS) is 11.5. The molecule has 0 atom stereocenters. The first kappa shape index (κ1) is 16.5. The fourth-order valence-corrected chi connectivity index (χ4v) is 2.90. The summed E-state index contributed by atoms with van der Waals surface area (Å²) in [4.78, 5) is 11.6. The number of carbonyl (C=O) groups is 1. The Labute approximate surface area is 145 Å². The molecule has 6 heteroatoms. The molecule has 0 unspecified atom stereocenters. The van der Waals surface area contributed by atoms with E-state index in [-0.39, 0.29) is 12.3 Å². The molecule has 0 amide bonds. The van der Waals surface area contributed by atoms with E-state index in [9.17, 15) is 4.79 Å². The molecule has 1 N–H and O–H groups in total. The highest BCUT2D eigenvalue weighted by molar-refractivity contribution is 6.43. The van der Waals surface area contributed by atoms with E-state index in [0.717, 1.165) is 22.8 Å². The fraction of sp³-hybridized carbons (Fsp3) is 0.211. The van der Waals surface area contributed by atoms with E-state index in [4.69, 9.17) is 10.00 Å². The van der Waals surface area contributed by atoms with Gasteiger partial charge in [-0.1, -0.05) is 18.2 Å². The summed E-state index contributed by atoms with van der Waals surface area (Å²) >= 11 is 0. The van der Waals surface area contributed by atoms with Gasteiger partial charge in [0.15, 0.2) is 0 Å².